The lowest BCUT2D eigenvalue weighted by atomic mass is 9.79. The van der Waals surface area contributed by atoms with Crippen molar-refractivity contribution in [2.45, 2.75) is 45.1 Å². The van der Waals surface area contributed by atoms with E-state index >= 15 is 0 Å². The summed E-state index contributed by atoms with van der Waals surface area (Å²) >= 11 is 0. The van der Waals surface area contributed by atoms with Gasteiger partial charge in [-0.2, -0.15) is 0 Å². The Morgan fingerprint density at radius 1 is 0.759 bits per heavy atom. The summed E-state index contributed by atoms with van der Waals surface area (Å²) in [6.07, 6.45) is 5.36. The quantitative estimate of drug-likeness (QED) is 0.499. The van der Waals surface area contributed by atoms with Crippen LogP contribution in [0.3, 0.4) is 0 Å². The number of rotatable bonds is 5. The maximum absolute atomic E-state index is 5.89. The highest BCUT2D eigenvalue weighted by Gasteiger charge is 2.19. The Morgan fingerprint density at radius 2 is 1.31 bits per heavy atom. The van der Waals surface area contributed by atoms with Gasteiger partial charge in [0.05, 0.1) is 0 Å². The summed E-state index contributed by atoms with van der Waals surface area (Å²) in [7, 11) is 0. The van der Waals surface area contributed by atoms with Gasteiger partial charge in [0, 0.05) is 11.4 Å². The van der Waals surface area contributed by atoms with E-state index in [4.69, 9.17) is 16.2 Å². The zero-order valence-corrected chi connectivity index (χ0v) is 17.1. The van der Waals surface area contributed by atoms with Gasteiger partial charge in [-0.25, -0.2) is 0 Å². The van der Waals surface area contributed by atoms with E-state index < -0.39 is 0 Å². The van der Waals surface area contributed by atoms with E-state index in [1.165, 1.54) is 42.4 Å². The van der Waals surface area contributed by atoms with Gasteiger partial charge < -0.3 is 16.2 Å². The molecule has 29 heavy (non-hydrogen) atoms. The van der Waals surface area contributed by atoms with Crippen LogP contribution in [0.15, 0.2) is 66.7 Å². The highest BCUT2D eigenvalue weighted by atomic mass is 16.5. The van der Waals surface area contributed by atoms with Crippen molar-refractivity contribution in [2.24, 2.45) is 5.92 Å². The number of anilines is 2. The van der Waals surface area contributed by atoms with Crippen LogP contribution < -0.4 is 16.2 Å². The molecule has 0 spiro atoms. The SMILES string of the molecule is CC1CCC(c2ccc(-c3ccc(OCc4cc(N)cc(N)c4)cc3)cc2)CC1. The van der Waals surface area contributed by atoms with Crippen molar-refractivity contribution in [3.63, 3.8) is 0 Å². The van der Waals surface area contributed by atoms with Crippen LogP contribution in [-0.4, -0.2) is 0 Å². The van der Waals surface area contributed by atoms with Gasteiger partial charge in [-0.15, -0.1) is 0 Å². The molecule has 0 amide bonds. The van der Waals surface area contributed by atoms with E-state index in [0.29, 0.717) is 18.0 Å². The molecule has 3 heteroatoms. The lowest BCUT2D eigenvalue weighted by molar-refractivity contribution is 0.306. The Labute approximate surface area is 173 Å². The molecule has 3 aromatic carbocycles. The Bertz CT molecular complexity index is 919. The fourth-order valence-corrected chi connectivity index (χ4v) is 4.28. The summed E-state index contributed by atoms with van der Waals surface area (Å²) in [5.74, 6) is 2.46. The van der Waals surface area contributed by atoms with Crippen LogP contribution in [-0.2, 0) is 6.61 Å². The Hall–Kier alpha value is -2.94. The molecular weight excluding hydrogens is 356 g/mol. The molecule has 150 valence electrons. The molecule has 4 rings (SSSR count). The summed E-state index contributed by atoms with van der Waals surface area (Å²) in [4.78, 5) is 0. The average molecular weight is 387 g/mol. The summed E-state index contributed by atoms with van der Waals surface area (Å²) in [6, 6.07) is 22.9. The van der Waals surface area contributed by atoms with Crippen LogP contribution in [0.1, 0.15) is 49.7 Å². The molecule has 0 aliphatic heterocycles. The molecule has 1 aliphatic carbocycles. The fourth-order valence-electron chi connectivity index (χ4n) is 4.28. The minimum absolute atomic E-state index is 0.448. The van der Waals surface area contributed by atoms with Crippen LogP contribution in [0.25, 0.3) is 11.1 Å². The minimum Gasteiger partial charge on any atom is -0.489 e. The van der Waals surface area contributed by atoms with Crippen molar-refractivity contribution in [1.29, 1.82) is 0 Å². The number of ether oxygens (including phenoxy) is 1. The van der Waals surface area contributed by atoms with Gasteiger partial charge in [0.25, 0.3) is 0 Å². The van der Waals surface area contributed by atoms with E-state index in [1.54, 1.807) is 6.07 Å². The minimum atomic E-state index is 0.448. The molecule has 0 radical (unpaired) electrons. The molecule has 1 fully saturated rings. The van der Waals surface area contributed by atoms with Crippen LogP contribution in [0.4, 0.5) is 11.4 Å². The summed E-state index contributed by atoms with van der Waals surface area (Å²) in [5.41, 5.74) is 17.9. The average Bonchev–Trinajstić information content (AvgIpc) is 2.73. The van der Waals surface area contributed by atoms with Crippen molar-refractivity contribution < 1.29 is 4.74 Å². The van der Waals surface area contributed by atoms with E-state index in [2.05, 4.69) is 43.3 Å². The lowest BCUT2D eigenvalue weighted by Crippen LogP contribution is -2.10. The smallest absolute Gasteiger partial charge is 0.119 e. The summed E-state index contributed by atoms with van der Waals surface area (Å²) in [5, 5.41) is 0. The number of hydrogen-bond acceptors (Lipinski definition) is 3. The Morgan fingerprint density at radius 3 is 1.90 bits per heavy atom. The molecule has 0 saturated heterocycles. The van der Waals surface area contributed by atoms with E-state index in [-0.39, 0.29) is 0 Å². The topological polar surface area (TPSA) is 61.3 Å². The first-order valence-electron chi connectivity index (χ1n) is 10.5. The molecular formula is C26H30N2O. The first kappa shape index (κ1) is 19.4. The largest absolute Gasteiger partial charge is 0.489 e. The second-order valence-electron chi connectivity index (χ2n) is 8.40. The van der Waals surface area contributed by atoms with Crippen molar-refractivity contribution in [1.82, 2.24) is 0 Å². The zero-order valence-electron chi connectivity index (χ0n) is 17.1. The maximum Gasteiger partial charge on any atom is 0.119 e. The van der Waals surface area contributed by atoms with Crippen LogP contribution in [0.2, 0.25) is 0 Å². The van der Waals surface area contributed by atoms with Gasteiger partial charge in [-0.05, 0) is 77.3 Å². The molecule has 0 heterocycles. The van der Waals surface area contributed by atoms with Gasteiger partial charge >= 0.3 is 0 Å². The third-order valence-electron chi connectivity index (χ3n) is 6.03. The van der Waals surface area contributed by atoms with Gasteiger partial charge in [0.15, 0.2) is 0 Å². The van der Waals surface area contributed by atoms with Crippen LogP contribution in [0.5, 0.6) is 5.75 Å². The third kappa shape index (κ3) is 4.92. The normalized spacial score (nSPS) is 19.1. The second kappa shape index (κ2) is 8.60. The molecule has 4 N–H and O–H groups in total. The lowest BCUT2D eigenvalue weighted by Gasteiger charge is -2.26. The number of benzene rings is 3. The molecule has 3 nitrogen and oxygen atoms in total. The van der Waals surface area contributed by atoms with Gasteiger partial charge in [-0.3, -0.25) is 0 Å². The Kier molecular flexibility index (Phi) is 5.75. The molecule has 3 aromatic rings. The van der Waals surface area contributed by atoms with Crippen molar-refractivity contribution in [3.05, 3.63) is 77.9 Å². The van der Waals surface area contributed by atoms with E-state index in [9.17, 15) is 0 Å². The molecule has 1 aliphatic rings. The van der Waals surface area contributed by atoms with Crippen molar-refractivity contribution in [2.75, 3.05) is 11.5 Å². The van der Waals surface area contributed by atoms with E-state index in [1.807, 2.05) is 24.3 Å². The second-order valence-corrected chi connectivity index (χ2v) is 8.40. The molecule has 1 saturated carbocycles. The predicted octanol–water partition coefficient (Wildman–Crippen LogP) is 6.39. The predicted molar refractivity (Wildman–Crippen MR) is 122 cm³/mol. The first-order chi connectivity index (χ1) is 14.1. The molecule has 0 aromatic heterocycles. The zero-order chi connectivity index (χ0) is 20.2. The molecule has 0 atom stereocenters. The third-order valence-corrected chi connectivity index (χ3v) is 6.03. The van der Waals surface area contributed by atoms with Gasteiger partial charge in [0.2, 0.25) is 0 Å². The standard InChI is InChI=1S/C26H30N2O/c1-18-2-4-20(5-3-18)21-6-8-22(9-7-21)23-10-12-26(13-11-23)29-17-19-14-24(27)16-25(28)15-19/h6-16,18,20H,2-5,17,27-28H2,1H3. The number of hydrogen-bond donors (Lipinski definition) is 2. The van der Waals surface area contributed by atoms with E-state index in [0.717, 1.165) is 23.1 Å². The van der Waals surface area contributed by atoms with Crippen molar-refractivity contribution in [3.8, 4) is 16.9 Å². The monoisotopic (exact) mass is 386 g/mol. The summed E-state index contributed by atoms with van der Waals surface area (Å²) < 4.78 is 5.89. The fraction of sp³-hybridized carbons (Fsp3) is 0.308. The highest BCUT2D eigenvalue weighted by molar-refractivity contribution is 5.64. The van der Waals surface area contributed by atoms with Gasteiger partial charge in [0.1, 0.15) is 12.4 Å². The van der Waals surface area contributed by atoms with Gasteiger partial charge in [-0.1, -0.05) is 56.2 Å². The number of nitrogen functional groups attached to an aromatic ring is 2. The first-order valence-corrected chi connectivity index (χ1v) is 10.5. The van der Waals surface area contributed by atoms with Crippen LogP contribution in [0, 0.1) is 5.92 Å². The van der Waals surface area contributed by atoms with Crippen molar-refractivity contribution >= 4 is 11.4 Å². The number of nitrogens with two attached hydrogens (primary N) is 2. The molecule has 0 unspecified atom stereocenters. The summed E-state index contributed by atoms with van der Waals surface area (Å²) in [6.45, 7) is 2.82. The van der Waals surface area contributed by atoms with Crippen LogP contribution >= 0.6 is 0 Å². The highest BCUT2D eigenvalue weighted by Crippen LogP contribution is 2.36. The molecule has 0 bridgehead atoms. The maximum atomic E-state index is 5.89. The Balaban J connectivity index is 1.38.